The van der Waals surface area contributed by atoms with Crippen molar-refractivity contribution in [2.24, 2.45) is 0 Å². The smallest absolute Gasteiger partial charge is 0.0926 e. The van der Waals surface area contributed by atoms with Crippen LogP contribution in [0.15, 0.2) is 35.8 Å². The molecule has 0 aliphatic carbocycles. The van der Waals surface area contributed by atoms with Crippen LogP contribution in [0.5, 0.6) is 0 Å². The van der Waals surface area contributed by atoms with Crippen molar-refractivity contribution in [3.63, 3.8) is 0 Å². The number of pyridine rings is 1. The number of thiazole rings is 1. The predicted molar refractivity (Wildman–Crippen MR) is 93.1 cm³/mol. The maximum atomic E-state index is 4.64. The first-order valence-corrected chi connectivity index (χ1v) is 8.49. The molecule has 0 amide bonds. The van der Waals surface area contributed by atoms with E-state index in [0.29, 0.717) is 0 Å². The molecule has 2 heterocycles. The summed E-state index contributed by atoms with van der Waals surface area (Å²) < 4.78 is 0. The molecule has 0 spiro atoms. The Morgan fingerprint density at radius 1 is 1.23 bits per heavy atom. The molecular formula is C18H21N3S. The largest absolute Gasteiger partial charge is 0.296 e. The van der Waals surface area contributed by atoms with Gasteiger partial charge in [-0.15, -0.1) is 11.3 Å². The fraction of sp³-hybridized carbons (Fsp3) is 0.333. The van der Waals surface area contributed by atoms with Gasteiger partial charge >= 0.3 is 0 Å². The van der Waals surface area contributed by atoms with Gasteiger partial charge in [0, 0.05) is 30.1 Å². The highest BCUT2D eigenvalue weighted by molar-refractivity contribution is 7.09. The van der Waals surface area contributed by atoms with Crippen LogP contribution in [0.3, 0.4) is 0 Å². The van der Waals surface area contributed by atoms with Crippen molar-refractivity contribution in [2.75, 3.05) is 7.05 Å². The van der Waals surface area contributed by atoms with Crippen LogP contribution in [-0.2, 0) is 19.5 Å². The average Bonchev–Trinajstić information content (AvgIpc) is 2.94. The second kappa shape index (κ2) is 6.55. The van der Waals surface area contributed by atoms with E-state index in [1.165, 1.54) is 27.2 Å². The number of fused-ring (bicyclic) bond motifs is 1. The Hall–Kier alpha value is -1.78. The number of hydrogen-bond acceptors (Lipinski definition) is 4. The molecule has 2 aromatic heterocycles. The Kier molecular flexibility index (Phi) is 4.50. The first kappa shape index (κ1) is 15.1. The van der Waals surface area contributed by atoms with Gasteiger partial charge in [0.05, 0.1) is 16.2 Å². The minimum atomic E-state index is 0.890. The SMILES string of the molecule is CCc1nc(CN(C)Cc2cc(C)c3ncccc3c2)cs1. The van der Waals surface area contributed by atoms with Gasteiger partial charge in [0.25, 0.3) is 0 Å². The third kappa shape index (κ3) is 3.34. The zero-order chi connectivity index (χ0) is 15.5. The second-order valence-electron chi connectivity index (χ2n) is 5.75. The lowest BCUT2D eigenvalue weighted by Gasteiger charge is -2.16. The summed E-state index contributed by atoms with van der Waals surface area (Å²) in [5, 5.41) is 4.61. The summed E-state index contributed by atoms with van der Waals surface area (Å²) in [6.07, 6.45) is 2.87. The lowest BCUT2D eigenvalue weighted by atomic mass is 10.1. The van der Waals surface area contributed by atoms with Gasteiger partial charge in [-0.2, -0.15) is 0 Å². The van der Waals surface area contributed by atoms with Crippen molar-refractivity contribution in [3.8, 4) is 0 Å². The van der Waals surface area contributed by atoms with E-state index in [1.54, 1.807) is 11.3 Å². The Morgan fingerprint density at radius 2 is 2.09 bits per heavy atom. The van der Waals surface area contributed by atoms with E-state index in [4.69, 9.17) is 0 Å². The van der Waals surface area contributed by atoms with Gasteiger partial charge in [-0.1, -0.05) is 19.1 Å². The molecule has 0 bridgehead atoms. The van der Waals surface area contributed by atoms with Gasteiger partial charge in [-0.3, -0.25) is 9.88 Å². The highest BCUT2D eigenvalue weighted by Gasteiger charge is 2.07. The molecule has 0 saturated heterocycles. The van der Waals surface area contributed by atoms with Crippen molar-refractivity contribution < 1.29 is 0 Å². The van der Waals surface area contributed by atoms with Crippen LogP contribution < -0.4 is 0 Å². The molecule has 0 atom stereocenters. The highest BCUT2D eigenvalue weighted by Crippen LogP contribution is 2.20. The van der Waals surface area contributed by atoms with Crippen LogP contribution in [0.2, 0.25) is 0 Å². The molecule has 3 rings (SSSR count). The fourth-order valence-corrected chi connectivity index (χ4v) is 3.51. The van der Waals surface area contributed by atoms with E-state index in [-0.39, 0.29) is 0 Å². The zero-order valence-electron chi connectivity index (χ0n) is 13.3. The molecular weight excluding hydrogens is 290 g/mol. The van der Waals surface area contributed by atoms with Crippen molar-refractivity contribution >= 4 is 22.2 Å². The van der Waals surface area contributed by atoms with Crippen LogP contribution in [0.1, 0.15) is 28.8 Å². The summed E-state index contributed by atoms with van der Waals surface area (Å²) in [4.78, 5) is 11.4. The molecule has 0 aliphatic rings. The number of hydrogen-bond donors (Lipinski definition) is 0. The van der Waals surface area contributed by atoms with E-state index in [2.05, 4.69) is 59.3 Å². The van der Waals surface area contributed by atoms with Gasteiger partial charge in [-0.05, 0) is 43.7 Å². The van der Waals surface area contributed by atoms with Crippen molar-refractivity contribution in [1.82, 2.24) is 14.9 Å². The van der Waals surface area contributed by atoms with E-state index >= 15 is 0 Å². The summed E-state index contributed by atoms with van der Waals surface area (Å²) in [5.74, 6) is 0. The van der Waals surface area contributed by atoms with Crippen LogP contribution >= 0.6 is 11.3 Å². The molecule has 0 N–H and O–H groups in total. The van der Waals surface area contributed by atoms with Gasteiger partial charge in [0.15, 0.2) is 0 Å². The number of rotatable bonds is 5. The molecule has 22 heavy (non-hydrogen) atoms. The lowest BCUT2D eigenvalue weighted by Crippen LogP contribution is -2.17. The topological polar surface area (TPSA) is 29.0 Å². The molecule has 1 aromatic carbocycles. The fourth-order valence-electron chi connectivity index (χ4n) is 2.77. The third-order valence-electron chi connectivity index (χ3n) is 3.74. The summed E-state index contributed by atoms with van der Waals surface area (Å²) in [5.41, 5.74) is 4.83. The molecule has 0 unspecified atom stereocenters. The van der Waals surface area contributed by atoms with E-state index in [1.807, 2.05) is 12.3 Å². The van der Waals surface area contributed by atoms with Gasteiger partial charge < -0.3 is 0 Å². The van der Waals surface area contributed by atoms with Gasteiger partial charge in [0.1, 0.15) is 0 Å². The molecule has 0 saturated carbocycles. The van der Waals surface area contributed by atoms with Gasteiger partial charge in [-0.25, -0.2) is 4.98 Å². The first-order valence-electron chi connectivity index (χ1n) is 7.61. The summed E-state index contributed by atoms with van der Waals surface area (Å²) in [6, 6.07) is 8.61. The maximum absolute atomic E-state index is 4.64. The molecule has 3 aromatic rings. The van der Waals surface area contributed by atoms with Crippen LogP contribution in [0.4, 0.5) is 0 Å². The highest BCUT2D eigenvalue weighted by atomic mass is 32.1. The van der Waals surface area contributed by atoms with E-state index in [0.717, 1.165) is 25.0 Å². The third-order valence-corrected chi connectivity index (χ3v) is 4.78. The minimum Gasteiger partial charge on any atom is -0.296 e. The average molecular weight is 311 g/mol. The molecule has 0 fully saturated rings. The second-order valence-corrected chi connectivity index (χ2v) is 6.69. The summed E-state index contributed by atoms with van der Waals surface area (Å²) in [6.45, 7) is 6.09. The summed E-state index contributed by atoms with van der Waals surface area (Å²) in [7, 11) is 2.15. The maximum Gasteiger partial charge on any atom is 0.0926 e. The molecule has 4 heteroatoms. The van der Waals surface area contributed by atoms with Crippen LogP contribution in [-0.4, -0.2) is 21.9 Å². The van der Waals surface area contributed by atoms with Crippen molar-refractivity contribution in [3.05, 3.63) is 57.7 Å². The lowest BCUT2D eigenvalue weighted by molar-refractivity contribution is 0.315. The Balaban J connectivity index is 1.74. The Morgan fingerprint density at radius 3 is 2.86 bits per heavy atom. The zero-order valence-corrected chi connectivity index (χ0v) is 14.2. The summed E-state index contributed by atoms with van der Waals surface area (Å²) >= 11 is 1.76. The number of benzene rings is 1. The minimum absolute atomic E-state index is 0.890. The van der Waals surface area contributed by atoms with E-state index < -0.39 is 0 Å². The quantitative estimate of drug-likeness (QED) is 0.707. The Labute approximate surface area is 135 Å². The van der Waals surface area contributed by atoms with Gasteiger partial charge in [0.2, 0.25) is 0 Å². The number of aryl methyl sites for hydroxylation is 2. The number of aromatic nitrogens is 2. The van der Waals surface area contributed by atoms with Crippen molar-refractivity contribution in [2.45, 2.75) is 33.4 Å². The monoisotopic (exact) mass is 311 g/mol. The molecule has 114 valence electrons. The number of nitrogens with zero attached hydrogens (tertiary/aromatic N) is 3. The molecule has 3 nitrogen and oxygen atoms in total. The molecule has 0 aliphatic heterocycles. The van der Waals surface area contributed by atoms with Crippen LogP contribution in [0, 0.1) is 6.92 Å². The van der Waals surface area contributed by atoms with E-state index in [9.17, 15) is 0 Å². The normalized spacial score (nSPS) is 11.5. The standard InChI is InChI=1S/C18H21N3S/c1-4-17-20-16(12-22-17)11-21(3)10-14-8-13(2)18-15(9-14)6-5-7-19-18/h5-9,12H,4,10-11H2,1-3H3. The first-order chi connectivity index (χ1) is 10.7. The van der Waals surface area contributed by atoms with Crippen LogP contribution in [0.25, 0.3) is 10.9 Å². The molecule has 0 radical (unpaired) electrons. The Bertz CT molecular complexity index is 779. The predicted octanol–water partition coefficient (Wildman–Crippen LogP) is 4.19. The van der Waals surface area contributed by atoms with Crippen molar-refractivity contribution in [1.29, 1.82) is 0 Å².